The molecule has 0 N–H and O–H groups in total. The average Bonchev–Trinajstić information content (AvgIpc) is 2.73. The van der Waals surface area contributed by atoms with Crippen molar-refractivity contribution in [2.75, 3.05) is 14.2 Å². The van der Waals surface area contributed by atoms with Gasteiger partial charge in [0, 0.05) is 11.1 Å². The first kappa shape index (κ1) is 35.5. The first-order chi connectivity index (χ1) is 19.2. The lowest BCUT2D eigenvalue weighted by atomic mass is 9.73. The van der Waals surface area contributed by atoms with Gasteiger partial charge in [0.2, 0.25) is 0 Å². The molecule has 236 valence electrons. The second-order valence-electron chi connectivity index (χ2n) is 16.7. The maximum absolute atomic E-state index is 6.05. The van der Waals surface area contributed by atoms with E-state index in [1.54, 1.807) is 14.2 Å². The molecule has 0 saturated heterocycles. The Balaban J connectivity index is 2.22. The smallest absolute Gasteiger partial charge is 0.143 e. The van der Waals surface area contributed by atoms with Crippen molar-refractivity contribution < 1.29 is 19.6 Å². The minimum absolute atomic E-state index is 0.179. The average molecular weight is 617 g/mol. The van der Waals surface area contributed by atoms with Gasteiger partial charge in [0.15, 0.2) is 0 Å². The van der Waals surface area contributed by atoms with Crippen LogP contribution in [0.25, 0.3) is 0 Å². The number of thioether (sulfide) groups is 2. The summed E-state index contributed by atoms with van der Waals surface area (Å²) in [6, 6.07) is 0. The van der Waals surface area contributed by atoms with Crippen molar-refractivity contribution in [3.05, 3.63) is 66.2 Å². The van der Waals surface area contributed by atoms with E-state index in [9.17, 15) is 0 Å². The van der Waals surface area contributed by atoms with Crippen molar-refractivity contribution in [2.45, 2.75) is 121 Å². The van der Waals surface area contributed by atoms with E-state index >= 15 is 0 Å². The van der Waals surface area contributed by atoms with E-state index in [0.717, 1.165) is 48.0 Å². The summed E-state index contributed by atoms with van der Waals surface area (Å²) < 4.78 is 0. The Morgan fingerprint density at radius 2 is 0.714 bits per heavy atom. The Labute approximate surface area is 265 Å². The third kappa shape index (κ3) is 10.6. The van der Waals surface area contributed by atoms with E-state index in [4.69, 9.17) is 19.6 Å². The van der Waals surface area contributed by atoms with E-state index < -0.39 is 0 Å². The van der Waals surface area contributed by atoms with E-state index in [1.165, 1.54) is 19.6 Å². The van der Waals surface area contributed by atoms with Crippen LogP contribution in [0.5, 0.6) is 0 Å². The molecule has 1 saturated carbocycles. The summed E-state index contributed by atoms with van der Waals surface area (Å²) in [6.07, 6.45) is 12.6. The maximum Gasteiger partial charge on any atom is 0.143 e. The molecule has 1 fully saturated rings. The topological polar surface area (TPSA) is 36.9 Å². The van der Waals surface area contributed by atoms with Gasteiger partial charge >= 0.3 is 0 Å². The molecule has 4 nitrogen and oxygen atoms in total. The van der Waals surface area contributed by atoms with Crippen LogP contribution in [-0.2, 0) is 19.6 Å². The fourth-order valence-corrected chi connectivity index (χ4v) is 8.96. The minimum atomic E-state index is -0.357. The summed E-state index contributed by atoms with van der Waals surface area (Å²) in [5.41, 5.74) is 5.10. The highest BCUT2D eigenvalue weighted by molar-refractivity contribution is 8.07. The fraction of sp³-hybridized carbons (Fsp3) is 0.667. The minimum Gasteiger partial charge on any atom is -0.239 e. The van der Waals surface area contributed by atoms with Crippen molar-refractivity contribution in [1.82, 2.24) is 0 Å². The number of allylic oxidation sites excluding steroid dienone is 10. The molecule has 2 heterocycles. The van der Waals surface area contributed by atoms with Crippen LogP contribution in [0, 0.1) is 21.7 Å². The van der Waals surface area contributed by atoms with Gasteiger partial charge in [-0.2, -0.15) is 0 Å². The molecule has 42 heavy (non-hydrogen) atoms. The van der Waals surface area contributed by atoms with Crippen LogP contribution in [-0.4, -0.2) is 26.4 Å². The Hall–Kier alpha value is -1.02. The van der Waals surface area contributed by atoms with Crippen molar-refractivity contribution in [2.24, 2.45) is 21.7 Å². The second-order valence-corrected chi connectivity index (χ2v) is 19.2. The van der Waals surface area contributed by atoms with Crippen molar-refractivity contribution in [3.8, 4) is 0 Å². The molecule has 0 aromatic carbocycles. The van der Waals surface area contributed by atoms with E-state index in [2.05, 4.69) is 107 Å². The summed E-state index contributed by atoms with van der Waals surface area (Å²) in [4.78, 5) is 28.3. The molecule has 0 aromatic rings. The summed E-state index contributed by atoms with van der Waals surface area (Å²) in [5, 5.41) is 0. The van der Waals surface area contributed by atoms with Crippen LogP contribution in [0.15, 0.2) is 66.2 Å². The van der Waals surface area contributed by atoms with Gasteiger partial charge < -0.3 is 0 Å². The van der Waals surface area contributed by atoms with Crippen molar-refractivity contribution in [3.63, 3.8) is 0 Å². The Kier molecular flexibility index (Phi) is 11.4. The molecule has 6 heteroatoms. The first-order valence-electron chi connectivity index (χ1n) is 15.2. The molecule has 3 aliphatic rings. The zero-order chi connectivity index (χ0) is 31.7. The first-order valence-corrected chi connectivity index (χ1v) is 16.9. The molecule has 2 aliphatic heterocycles. The largest absolute Gasteiger partial charge is 0.239 e. The Bertz CT molecular complexity index is 1010. The lowest BCUT2D eigenvalue weighted by Crippen LogP contribution is -2.46. The van der Waals surface area contributed by atoms with E-state index in [-0.39, 0.29) is 33.9 Å². The van der Waals surface area contributed by atoms with Crippen LogP contribution in [0.4, 0.5) is 0 Å². The van der Waals surface area contributed by atoms with E-state index in [1.807, 2.05) is 23.5 Å². The second kappa shape index (κ2) is 13.5. The highest BCUT2D eigenvalue weighted by Gasteiger charge is 2.48. The summed E-state index contributed by atoms with van der Waals surface area (Å²) >= 11 is 3.84. The van der Waals surface area contributed by atoms with Crippen LogP contribution in [0.1, 0.15) is 109 Å². The van der Waals surface area contributed by atoms with Crippen molar-refractivity contribution >= 4 is 23.5 Å². The summed E-state index contributed by atoms with van der Waals surface area (Å²) in [6.45, 7) is 27.6. The number of hydrogen-bond acceptors (Lipinski definition) is 6. The van der Waals surface area contributed by atoms with Gasteiger partial charge in [-0.15, -0.1) is 0 Å². The highest BCUT2D eigenvalue weighted by Crippen LogP contribution is 2.51. The van der Waals surface area contributed by atoms with Crippen LogP contribution < -0.4 is 0 Å². The zero-order valence-electron chi connectivity index (χ0n) is 28.7. The predicted octanol–water partition coefficient (Wildman–Crippen LogP) is 11.3. The molecular formula is C36H56O4S2. The fourth-order valence-electron chi connectivity index (χ4n) is 5.52. The molecule has 1 aliphatic carbocycles. The Morgan fingerprint density at radius 3 is 0.905 bits per heavy atom. The molecule has 0 amide bonds. The molecule has 0 aromatic heterocycles. The SMILES string of the molecule is COOC1C(=C2C=C(CC(C)(C)C)SC(CC(C)(C)C)=C2)C(OOC)C1=C1C=C(CC(C)(C)C)SC(CC(C)(C)C)=C1. The van der Waals surface area contributed by atoms with Crippen LogP contribution in [0.2, 0.25) is 0 Å². The van der Waals surface area contributed by atoms with Gasteiger partial charge in [-0.1, -0.05) is 107 Å². The molecule has 0 unspecified atom stereocenters. The lowest BCUT2D eigenvalue weighted by Gasteiger charge is -2.42. The van der Waals surface area contributed by atoms with Gasteiger partial charge in [0.1, 0.15) is 12.2 Å². The summed E-state index contributed by atoms with van der Waals surface area (Å²) in [7, 11) is 3.18. The molecule has 0 radical (unpaired) electrons. The number of hydrogen-bond donors (Lipinski definition) is 0. The molecular weight excluding hydrogens is 561 g/mol. The van der Waals surface area contributed by atoms with Crippen LogP contribution >= 0.6 is 23.5 Å². The highest BCUT2D eigenvalue weighted by atomic mass is 32.2. The summed E-state index contributed by atoms with van der Waals surface area (Å²) in [5.74, 6) is 0. The van der Waals surface area contributed by atoms with Gasteiger partial charge in [-0.05, 0) is 102 Å². The van der Waals surface area contributed by atoms with Gasteiger partial charge in [-0.3, -0.25) is 0 Å². The standard InChI is InChI=1S/C36H56O4S2/c1-33(2,3)19-25-15-23(16-26(41-25)20-34(4,5)6)29-31(39-37-13)30(32(29)40-38-14)24-17-27(21-35(7,8)9)42-28(18-24)22-36(10,11)12/h15-18,31-32H,19-22H2,1-14H3. The van der Waals surface area contributed by atoms with Gasteiger partial charge in [0.05, 0.1) is 14.2 Å². The van der Waals surface area contributed by atoms with Crippen LogP contribution in [0.3, 0.4) is 0 Å². The van der Waals surface area contributed by atoms with Crippen molar-refractivity contribution in [1.29, 1.82) is 0 Å². The maximum atomic E-state index is 6.05. The molecule has 0 atom stereocenters. The predicted molar refractivity (Wildman–Crippen MR) is 182 cm³/mol. The monoisotopic (exact) mass is 616 g/mol. The lowest BCUT2D eigenvalue weighted by molar-refractivity contribution is -0.333. The van der Waals surface area contributed by atoms with Gasteiger partial charge in [-0.25, -0.2) is 19.6 Å². The third-order valence-electron chi connectivity index (χ3n) is 6.79. The zero-order valence-corrected chi connectivity index (χ0v) is 30.4. The molecule has 0 spiro atoms. The molecule has 0 bridgehead atoms. The Morgan fingerprint density at radius 1 is 0.476 bits per heavy atom. The number of rotatable bonds is 8. The van der Waals surface area contributed by atoms with E-state index in [0.29, 0.717) is 0 Å². The third-order valence-corrected chi connectivity index (χ3v) is 8.89. The molecule has 3 rings (SSSR count). The normalized spacial score (nSPS) is 22.5. The van der Waals surface area contributed by atoms with Gasteiger partial charge in [0.25, 0.3) is 0 Å². The quantitative estimate of drug-likeness (QED) is 0.199.